The first kappa shape index (κ1) is 16.7. The Bertz CT molecular complexity index is 926. The van der Waals surface area contributed by atoms with Crippen molar-refractivity contribution in [3.05, 3.63) is 41.7 Å². The Morgan fingerprint density at radius 2 is 2.15 bits per heavy atom. The molecule has 3 aromatic rings. The van der Waals surface area contributed by atoms with Crippen LogP contribution in [0.25, 0.3) is 11.1 Å². The highest BCUT2D eigenvalue weighted by molar-refractivity contribution is 5.97. The lowest BCUT2D eigenvalue weighted by atomic mass is 9.91. The summed E-state index contributed by atoms with van der Waals surface area (Å²) >= 11 is 0. The van der Waals surface area contributed by atoms with Gasteiger partial charge < -0.3 is 19.1 Å². The van der Waals surface area contributed by atoms with E-state index in [0.29, 0.717) is 30.2 Å². The van der Waals surface area contributed by atoms with Gasteiger partial charge in [-0.2, -0.15) is 0 Å². The fraction of sp³-hybridized carbons (Fsp3) is 0.444. The largest absolute Gasteiger partial charge is 0.381 e. The van der Waals surface area contributed by atoms with Gasteiger partial charge in [0, 0.05) is 38.9 Å². The number of hydrogen-bond donors (Lipinski definition) is 1. The summed E-state index contributed by atoms with van der Waals surface area (Å²) in [7, 11) is 1.94. The third kappa shape index (κ3) is 3.08. The number of fused-ring (bicyclic) bond motifs is 1. The third-order valence-electron chi connectivity index (χ3n) is 4.93. The van der Waals surface area contributed by atoms with Gasteiger partial charge in [-0.1, -0.05) is 5.16 Å². The average molecular weight is 355 g/mol. The molecule has 8 nitrogen and oxygen atoms in total. The van der Waals surface area contributed by atoms with E-state index < -0.39 is 0 Å². The topological polar surface area (TPSA) is 95.1 Å². The van der Waals surface area contributed by atoms with Gasteiger partial charge in [-0.05, 0) is 31.7 Å². The van der Waals surface area contributed by atoms with Gasteiger partial charge in [0.05, 0.1) is 22.7 Å². The summed E-state index contributed by atoms with van der Waals surface area (Å²) in [4.78, 5) is 21.6. The van der Waals surface area contributed by atoms with Gasteiger partial charge in [-0.15, -0.1) is 0 Å². The Balaban J connectivity index is 1.62. The third-order valence-corrected chi connectivity index (χ3v) is 4.93. The van der Waals surface area contributed by atoms with Crippen molar-refractivity contribution in [3.8, 4) is 0 Å². The van der Waals surface area contributed by atoms with E-state index in [1.54, 1.807) is 12.3 Å². The van der Waals surface area contributed by atoms with Gasteiger partial charge >= 0.3 is 0 Å². The standard InChI is InChI=1S/C18H21N5O3/c1-11-14-9-13(10-20-18(14)26-22-11)17(24)21-15(12-3-7-25-8-4-12)16-19-5-6-23(16)2/h5-6,9-10,12,15H,3-4,7-8H2,1-2H3,(H,21,24)/t15-/m0/s1. The van der Waals surface area contributed by atoms with Crippen molar-refractivity contribution in [1.29, 1.82) is 0 Å². The van der Waals surface area contributed by atoms with Crippen LogP contribution < -0.4 is 5.32 Å². The van der Waals surface area contributed by atoms with E-state index in [0.717, 1.165) is 24.1 Å². The van der Waals surface area contributed by atoms with Crippen LogP contribution in [-0.2, 0) is 11.8 Å². The van der Waals surface area contributed by atoms with Gasteiger partial charge in [0.15, 0.2) is 0 Å². The molecule has 0 unspecified atom stereocenters. The van der Waals surface area contributed by atoms with Crippen LogP contribution in [0.5, 0.6) is 0 Å². The fourth-order valence-corrected chi connectivity index (χ4v) is 3.41. The number of imidazole rings is 1. The maximum Gasteiger partial charge on any atom is 0.257 e. The van der Waals surface area contributed by atoms with Crippen LogP contribution in [0.4, 0.5) is 0 Å². The van der Waals surface area contributed by atoms with Gasteiger partial charge in [0.25, 0.3) is 11.6 Å². The highest BCUT2D eigenvalue weighted by Gasteiger charge is 2.30. The Labute approximate surface area is 150 Å². The van der Waals surface area contributed by atoms with E-state index in [1.165, 1.54) is 6.20 Å². The quantitative estimate of drug-likeness (QED) is 0.771. The van der Waals surface area contributed by atoms with Crippen molar-refractivity contribution < 1.29 is 14.1 Å². The van der Waals surface area contributed by atoms with Crippen molar-refractivity contribution >= 4 is 17.0 Å². The zero-order valence-electron chi connectivity index (χ0n) is 14.8. The van der Waals surface area contributed by atoms with Gasteiger partial charge in [0.1, 0.15) is 5.82 Å². The van der Waals surface area contributed by atoms with Crippen LogP contribution in [-0.4, -0.2) is 38.8 Å². The first-order valence-corrected chi connectivity index (χ1v) is 8.71. The normalized spacial score (nSPS) is 16.7. The molecule has 0 radical (unpaired) electrons. The molecular formula is C18H21N5O3. The van der Waals surface area contributed by atoms with Gasteiger partial charge in [0.2, 0.25) is 0 Å². The summed E-state index contributed by atoms with van der Waals surface area (Å²) in [5.74, 6) is 0.947. The molecule has 0 aromatic carbocycles. The first-order valence-electron chi connectivity index (χ1n) is 8.71. The smallest absolute Gasteiger partial charge is 0.257 e. The predicted molar refractivity (Wildman–Crippen MR) is 93.5 cm³/mol. The number of pyridine rings is 1. The van der Waals surface area contributed by atoms with Crippen LogP contribution in [0.15, 0.2) is 29.2 Å². The van der Waals surface area contributed by atoms with Crippen LogP contribution >= 0.6 is 0 Å². The molecule has 136 valence electrons. The molecule has 4 rings (SSSR count). The number of rotatable bonds is 4. The van der Waals surface area contributed by atoms with Crippen LogP contribution in [0.2, 0.25) is 0 Å². The lowest BCUT2D eigenvalue weighted by molar-refractivity contribution is 0.0499. The summed E-state index contributed by atoms with van der Waals surface area (Å²) in [6, 6.07) is 1.59. The van der Waals surface area contributed by atoms with Crippen molar-refractivity contribution in [2.75, 3.05) is 13.2 Å². The first-order chi connectivity index (χ1) is 12.6. The second kappa shape index (κ2) is 6.87. The Morgan fingerprint density at radius 3 is 2.88 bits per heavy atom. The minimum Gasteiger partial charge on any atom is -0.381 e. The summed E-state index contributed by atoms with van der Waals surface area (Å²) in [6.07, 6.45) is 6.94. The Hall–Kier alpha value is -2.74. The van der Waals surface area contributed by atoms with Crippen LogP contribution in [0, 0.1) is 12.8 Å². The molecule has 1 saturated heterocycles. The molecule has 1 amide bonds. The lowest BCUT2D eigenvalue weighted by Crippen LogP contribution is -2.37. The molecular weight excluding hydrogens is 334 g/mol. The number of carbonyl (C=O) groups is 1. The predicted octanol–water partition coefficient (Wildman–Crippen LogP) is 2.16. The summed E-state index contributed by atoms with van der Waals surface area (Å²) in [5, 5.41) is 7.79. The number of amides is 1. The second-order valence-electron chi connectivity index (χ2n) is 6.64. The summed E-state index contributed by atoms with van der Waals surface area (Å²) in [6.45, 7) is 3.23. The Morgan fingerprint density at radius 1 is 1.35 bits per heavy atom. The molecule has 0 saturated carbocycles. The molecule has 4 heterocycles. The molecule has 1 fully saturated rings. The number of carbonyl (C=O) groups excluding carboxylic acids is 1. The molecule has 0 spiro atoms. The van der Waals surface area contributed by atoms with Crippen molar-refractivity contribution in [1.82, 2.24) is 25.0 Å². The lowest BCUT2D eigenvalue weighted by Gasteiger charge is -2.30. The van der Waals surface area contributed by atoms with Crippen LogP contribution in [0.3, 0.4) is 0 Å². The van der Waals surface area contributed by atoms with Gasteiger partial charge in [-0.3, -0.25) is 4.79 Å². The monoisotopic (exact) mass is 355 g/mol. The number of nitrogens with zero attached hydrogens (tertiary/aromatic N) is 4. The van der Waals surface area contributed by atoms with Gasteiger partial charge in [-0.25, -0.2) is 9.97 Å². The fourth-order valence-electron chi connectivity index (χ4n) is 3.41. The number of nitrogens with one attached hydrogen (secondary N) is 1. The second-order valence-corrected chi connectivity index (χ2v) is 6.64. The Kier molecular flexibility index (Phi) is 4.42. The number of aryl methyl sites for hydroxylation is 2. The molecule has 3 aromatic heterocycles. The van der Waals surface area contributed by atoms with E-state index >= 15 is 0 Å². The maximum atomic E-state index is 12.9. The van der Waals surface area contributed by atoms with E-state index in [-0.39, 0.29) is 17.9 Å². The molecule has 0 bridgehead atoms. The van der Waals surface area contributed by atoms with Crippen molar-refractivity contribution in [2.45, 2.75) is 25.8 Å². The van der Waals surface area contributed by atoms with Crippen molar-refractivity contribution in [3.63, 3.8) is 0 Å². The van der Waals surface area contributed by atoms with Crippen molar-refractivity contribution in [2.24, 2.45) is 13.0 Å². The van der Waals surface area contributed by atoms with E-state index in [9.17, 15) is 4.79 Å². The molecule has 8 heteroatoms. The zero-order valence-corrected chi connectivity index (χ0v) is 14.8. The molecule has 1 N–H and O–H groups in total. The summed E-state index contributed by atoms with van der Waals surface area (Å²) < 4.78 is 12.5. The minimum atomic E-state index is -0.181. The molecule has 1 aliphatic heterocycles. The molecule has 1 atom stereocenters. The highest BCUT2D eigenvalue weighted by Crippen LogP contribution is 2.29. The molecule has 1 aliphatic rings. The maximum absolute atomic E-state index is 12.9. The summed E-state index contributed by atoms with van der Waals surface area (Å²) in [5.41, 5.74) is 1.63. The molecule has 0 aliphatic carbocycles. The SMILES string of the molecule is Cc1noc2ncc(C(=O)N[C@H](c3nccn3C)C3CCOCC3)cc12. The number of aromatic nitrogens is 4. The number of ether oxygens (including phenoxy) is 1. The zero-order chi connectivity index (χ0) is 18.1. The minimum absolute atomic E-state index is 0.175. The van der Waals surface area contributed by atoms with E-state index in [2.05, 4.69) is 20.4 Å². The highest BCUT2D eigenvalue weighted by atomic mass is 16.5. The van der Waals surface area contributed by atoms with E-state index in [1.807, 2.05) is 24.7 Å². The number of hydrogen-bond acceptors (Lipinski definition) is 6. The van der Waals surface area contributed by atoms with E-state index in [4.69, 9.17) is 9.26 Å². The molecule has 26 heavy (non-hydrogen) atoms. The average Bonchev–Trinajstić information content (AvgIpc) is 3.26. The van der Waals surface area contributed by atoms with Crippen LogP contribution in [0.1, 0.15) is 40.8 Å².